The number of imidazole rings is 1. The second kappa shape index (κ2) is 6.27. The van der Waals surface area contributed by atoms with Gasteiger partial charge >= 0.3 is 0 Å². The molecule has 0 saturated carbocycles. The summed E-state index contributed by atoms with van der Waals surface area (Å²) < 4.78 is 7.20. The number of aromatic nitrogens is 3. The summed E-state index contributed by atoms with van der Waals surface area (Å²) in [6.45, 7) is 6.64. The highest BCUT2D eigenvalue weighted by Crippen LogP contribution is 2.28. The highest BCUT2D eigenvalue weighted by Gasteiger charge is 2.27. The lowest BCUT2D eigenvalue weighted by molar-refractivity contribution is 0.198. The van der Waals surface area contributed by atoms with Crippen LogP contribution in [0.15, 0.2) is 24.1 Å². The standard InChI is InChI=1S/C13H20N4OS/c1-13(2,12-16-5-7-19-12)17-10-15-9-11(17)8-14-4-6-18-3/h5,7,9-10,14H,4,6,8H2,1-3H3. The Kier molecular flexibility index (Phi) is 4.68. The molecule has 0 aromatic carbocycles. The van der Waals surface area contributed by atoms with E-state index in [0.29, 0.717) is 6.61 Å². The Hall–Kier alpha value is -1.24. The minimum absolute atomic E-state index is 0.178. The summed E-state index contributed by atoms with van der Waals surface area (Å²) in [6, 6.07) is 0. The van der Waals surface area contributed by atoms with Gasteiger partial charge in [-0.15, -0.1) is 11.3 Å². The highest BCUT2D eigenvalue weighted by atomic mass is 32.1. The van der Waals surface area contributed by atoms with Crippen molar-refractivity contribution in [2.75, 3.05) is 20.3 Å². The van der Waals surface area contributed by atoms with Gasteiger partial charge in [0.05, 0.1) is 24.2 Å². The van der Waals surface area contributed by atoms with Crippen molar-refractivity contribution < 1.29 is 4.74 Å². The third-order valence-electron chi connectivity index (χ3n) is 3.06. The first-order valence-electron chi connectivity index (χ1n) is 6.27. The predicted molar refractivity (Wildman–Crippen MR) is 76.3 cm³/mol. The Morgan fingerprint density at radius 1 is 1.47 bits per heavy atom. The van der Waals surface area contributed by atoms with Crippen LogP contribution >= 0.6 is 11.3 Å². The average molecular weight is 280 g/mol. The molecule has 0 fully saturated rings. The van der Waals surface area contributed by atoms with Crippen molar-refractivity contribution in [3.05, 3.63) is 34.8 Å². The van der Waals surface area contributed by atoms with E-state index in [1.54, 1.807) is 18.4 Å². The van der Waals surface area contributed by atoms with E-state index in [2.05, 4.69) is 33.7 Å². The quantitative estimate of drug-likeness (QED) is 0.787. The van der Waals surface area contributed by atoms with E-state index in [0.717, 1.165) is 23.8 Å². The molecule has 0 bridgehead atoms. The van der Waals surface area contributed by atoms with E-state index in [9.17, 15) is 0 Å². The molecule has 2 aromatic rings. The normalized spacial score (nSPS) is 11.9. The molecule has 0 spiro atoms. The molecule has 2 rings (SSSR count). The summed E-state index contributed by atoms with van der Waals surface area (Å²) in [5, 5.41) is 6.43. The minimum atomic E-state index is -0.178. The van der Waals surface area contributed by atoms with Crippen molar-refractivity contribution in [2.45, 2.75) is 25.9 Å². The molecule has 0 radical (unpaired) electrons. The molecule has 0 atom stereocenters. The Labute approximate surface area is 117 Å². The van der Waals surface area contributed by atoms with Crippen molar-refractivity contribution in [2.24, 2.45) is 0 Å². The van der Waals surface area contributed by atoms with E-state index in [4.69, 9.17) is 4.74 Å². The second-order valence-electron chi connectivity index (χ2n) is 4.82. The lowest BCUT2D eigenvalue weighted by Gasteiger charge is -2.26. The van der Waals surface area contributed by atoms with Crippen LogP contribution in [-0.2, 0) is 16.8 Å². The Bertz CT molecular complexity index is 492. The lowest BCUT2D eigenvalue weighted by atomic mass is 10.1. The Morgan fingerprint density at radius 2 is 2.32 bits per heavy atom. The topological polar surface area (TPSA) is 52.0 Å². The molecule has 2 heterocycles. The molecule has 0 amide bonds. The maximum Gasteiger partial charge on any atom is 0.118 e. The third kappa shape index (κ3) is 3.20. The highest BCUT2D eigenvalue weighted by molar-refractivity contribution is 7.09. The fourth-order valence-electron chi connectivity index (χ4n) is 1.98. The fourth-order valence-corrected chi connectivity index (χ4v) is 2.73. The van der Waals surface area contributed by atoms with Crippen LogP contribution in [0.5, 0.6) is 0 Å². The first-order chi connectivity index (χ1) is 9.16. The molecule has 0 aliphatic carbocycles. The van der Waals surface area contributed by atoms with E-state index in [1.165, 1.54) is 0 Å². The van der Waals surface area contributed by atoms with Crippen molar-refractivity contribution in [1.29, 1.82) is 0 Å². The van der Waals surface area contributed by atoms with Gasteiger partial charge in [-0.05, 0) is 13.8 Å². The molecular formula is C13H20N4OS. The van der Waals surface area contributed by atoms with Crippen molar-refractivity contribution in [3.63, 3.8) is 0 Å². The monoisotopic (exact) mass is 280 g/mol. The smallest absolute Gasteiger partial charge is 0.118 e. The molecule has 5 nitrogen and oxygen atoms in total. The van der Waals surface area contributed by atoms with Gasteiger partial charge in [-0.1, -0.05) is 0 Å². The molecule has 19 heavy (non-hydrogen) atoms. The Balaban J connectivity index is 2.10. The van der Waals surface area contributed by atoms with Gasteiger partial charge in [0.25, 0.3) is 0 Å². The summed E-state index contributed by atoms with van der Waals surface area (Å²) in [7, 11) is 1.71. The number of nitrogens with zero attached hydrogens (tertiary/aromatic N) is 3. The number of methoxy groups -OCH3 is 1. The maximum absolute atomic E-state index is 5.02. The van der Waals surface area contributed by atoms with Crippen molar-refractivity contribution >= 4 is 11.3 Å². The van der Waals surface area contributed by atoms with Crippen LogP contribution in [0.4, 0.5) is 0 Å². The molecule has 0 aliphatic rings. The number of thiazole rings is 1. The maximum atomic E-state index is 5.02. The number of hydrogen-bond donors (Lipinski definition) is 1. The second-order valence-corrected chi connectivity index (χ2v) is 5.72. The Morgan fingerprint density at radius 3 is 3.00 bits per heavy atom. The fraction of sp³-hybridized carbons (Fsp3) is 0.538. The van der Waals surface area contributed by atoms with E-state index < -0.39 is 0 Å². The molecule has 1 N–H and O–H groups in total. The molecule has 0 unspecified atom stereocenters. The van der Waals surface area contributed by atoms with Gasteiger partial charge in [0.15, 0.2) is 0 Å². The molecule has 6 heteroatoms. The van der Waals surface area contributed by atoms with Crippen LogP contribution in [0.2, 0.25) is 0 Å². The average Bonchev–Trinajstić information content (AvgIpc) is 3.05. The van der Waals surface area contributed by atoms with Crippen molar-refractivity contribution in [1.82, 2.24) is 19.9 Å². The van der Waals surface area contributed by atoms with E-state index >= 15 is 0 Å². The molecule has 0 saturated heterocycles. The van der Waals surface area contributed by atoms with Crippen LogP contribution < -0.4 is 5.32 Å². The molecule has 0 aliphatic heterocycles. The van der Waals surface area contributed by atoms with Crippen LogP contribution in [0, 0.1) is 0 Å². The largest absolute Gasteiger partial charge is 0.383 e. The van der Waals surface area contributed by atoms with Crippen LogP contribution in [0.3, 0.4) is 0 Å². The summed E-state index contributed by atoms with van der Waals surface area (Å²) in [5.41, 5.74) is 0.972. The number of rotatable bonds is 7. The third-order valence-corrected chi connectivity index (χ3v) is 4.15. The molecular weight excluding hydrogens is 260 g/mol. The lowest BCUT2D eigenvalue weighted by Crippen LogP contribution is -2.30. The van der Waals surface area contributed by atoms with Crippen LogP contribution in [0.1, 0.15) is 24.5 Å². The van der Waals surface area contributed by atoms with E-state index in [1.807, 2.05) is 24.1 Å². The van der Waals surface area contributed by atoms with Gasteiger partial charge in [0.1, 0.15) is 5.01 Å². The zero-order chi connectivity index (χ0) is 13.7. The summed E-state index contributed by atoms with van der Waals surface area (Å²) >= 11 is 1.67. The van der Waals surface area contributed by atoms with Gasteiger partial charge in [-0.25, -0.2) is 9.97 Å². The van der Waals surface area contributed by atoms with Gasteiger partial charge in [-0.2, -0.15) is 0 Å². The SMILES string of the molecule is COCCNCc1cncn1C(C)(C)c1nccs1. The summed E-state index contributed by atoms with van der Waals surface area (Å²) in [5.74, 6) is 0. The summed E-state index contributed by atoms with van der Waals surface area (Å²) in [6.07, 6.45) is 5.61. The number of ether oxygens (including phenoxy) is 1. The van der Waals surface area contributed by atoms with Crippen LogP contribution in [0.25, 0.3) is 0 Å². The van der Waals surface area contributed by atoms with E-state index in [-0.39, 0.29) is 5.54 Å². The van der Waals surface area contributed by atoms with Gasteiger partial charge < -0.3 is 14.6 Å². The van der Waals surface area contributed by atoms with Crippen molar-refractivity contribution in [3.8, 4) is 0 Å². The van der Waals surface area contributed by atoms with Gasteiger partial charge in [0.2, 0.25) is 0 Å². The number of nitrogens with one attached hydrogen (secondary N) is 1. The predicted octanol–water partition coefficient (Wildman–Crippen LogP) is 1.86. The molecule has 104 valence electrons. The number of hydrogen-bond acceptors (Lipinski definition) is 5. The molecule has 2 aromatic heterocycles. The first-order valence-corrected chi connectivity index (χ1v) is 7.15. The van der Waals surface area contributed by atoms with Gasteiger partial charge in [-0.3, -0.25) is 0 Å². The first kappa shape index (κ1) is 14.2. The summed E-state index contributed by atoms with van der Waals surface area (Å²) in [4.78, 5) is 8.69. The zero-order valence-corrected chi connectivity index (χ0v) is 12.4. The van der Waals surface area contributed by atoms with Crippen LogP contribution in [-0.4, -0.2) is 34.8 Å². The minimum Gasteiger partial charge on any atom is -0.383 e. The van der Waals surface area contributed by atoms with Gasteiger partial charge in [0, 0.05) is 38.0 Å². The zero-order valence-electron chi connectivity index (χ0n) is 11.6.